The van der Waals surface area contributed by atoms with Crippen molar-refractivity contribution >= 4 is 0 Å². The first-order chi connectivity index (χ1) is 9.21. The van der Waals surface area contributed by atoms with Crippen LogP contribution in [0.3, 0.4) is 0 Å². The zero-order chi connectivity index (χ0) is 13.8. The Morgan fingerprint density at radius 3 is 2.63 bits per heavy atom. The van der Waals surface area contributed by atoms with Gasteiger partial charge < -0.3 is 14.0 Å². The SMILES string of the molecule is COc1ccc(OC)c(C(NN)c2cncn2C)c1. The van der Waals surface area contributed by atoms with Gasteiger partial charge >= 0.3 is 0 Å². The molecule has 0 amide bonds. The highest BCUT2D eigenvalue weighted by Crippen LogP contribution is 2.32. The summed E-state index contributed by atoms with van der Waals surface area (Å²) in [6.45, 7) is 0. The summed E-state index contributed by atoms with van der Waals surface area (Å²) in [6, 6.07) is 5.38. The number of hydrazine groups is 1. The molecule has 0 saturated heterocycles. The second kappa shape index (κ2) is 5.73. The summed E-state index contributed by atoms with van der Waals surface area (Å²) in [5.41, 5.74) is 4.63. The summed E-state index contributed by atoms with van der Waals surface area (Å²) < 4.78 is 12.5. The molecular weight excluding hydrogens is 244 g/mol. The van der Waals surface area contributed by atoms with Gasteiger partial charge in [-0.3, -0.25) is 5.84 Å². The van der Waals surface area contributed by atoms with Crippen LogP contribution >= 0.6 is 0 Å². The predicted octanol–water partition coefficient (Wildman–Crippen LogP) is 0.990. The first-order valence-corrected chi connectivity index (χ1v) is 5.85. The fourth-order valence-electron chi connectivity index (χ4n) is 2.05. The van der Waals surface area contributed by atoms with Crippen LogP contribution in [0.25, 0.3) is 0 Å². The molecule has 6 nitrogen and oxygen atoms in total. The minimum absolute atomic E-state index is 0.224. The standard InChI is InChI=1S/C13H18N4O2/c1-17-8-15-7-11(17)13(16-14)10-6-9(18-2)4-5-12(10)19-3/h4-8,13,16H,14H2,1-3H3. The Bertz CT molecular complexity index is 553. The van der Waals surface area contributed by atoms with Gasteiger partial charge in [0.25, 0.3) is 0 Å². The van der Waals surface area contributed by atoms with Crippen molar-refractivity contribution in [2.75, 3.05) is 14.2 Å². The molecule has 1 aromatic heterocycles. The molecule has 3 N–H and O–H groups in total. The number of rotatable bonds is 5. The molecule has 0 aliphatic heterocycles. The van der Waals surface area contributed by atoms with Crippen LogP contribution < -0.4 is 20.7 Å². The van der Waals surface area contributed by atoms with E-state index in [1.807, 2.05) is 29.8 Å². The molecule has 0 spiro atoms. The molecular formula is C13H18N4O2. The fraction of sp³-hybridized carbons (Fsp3) is 0.308. The number of nitrogens with two attached hydrogens (primary N) is 1. The maximum absolute atomic E-state index is 5.69. The molecule has 1 heterocycles. The van der Waals surface area contributed by atoms with E-state index in [0.717, 1.165) is 22.8 Å². The smallest absolute Gasteiger partial charge is 0.124 e. The maximum atomic E-state index is 5.69. The Labute approximate surface area is 112 Å². The van der Waals surface area contributed by atoms with E-state index in [-0.39, 0.29) is 6.04 Å². The van der Waals surface area contributed by atoms with Gasteiger partial charge in [-0.05, 0) is 18.2 Å². The van der Waals surface area contributed by atoms with Crippen molar-refractivity contribution in [2.45, 2.75) is 6.04 Å². The molecule has 19 heavy (non-hydrogen) atoms. The van der Waals surface area contributed by atoms with Crippen LogP contribution in [0.1, 0.15) is 17.3 Å². The number of benzene rings is 1. The second-order valence-electron chi connectivity index (χ2n) is 4.14. The molecule has 0 bridgehead atoms. The van der Waals surface area contributed by atoms with Crippen LogP contribution in [0.2, 0.25) is 0 Å². The Balaban J connectivity index is 2.51. The zero-order valence-corrected chi connectivity index (χ0v) is 11.3. The van der Waals surface area contributed by atoms with Gasteiger partial charge in [0.1, 0.15) is 11.5 Å². The van der Waals surface area contributed by atoms with E-state index in [2.05, 4.69) is 10.4 Å². The maximum Gasteiger partial charge on any atom is 0.124 e. The van der Waals surface area contributed by atoms with Gasteiger partial charge in [0, 0.05) is 12.6 Å². The van der Waals surface area contributed by atoms with Crippen LogP contribution in [-0.2, 0) is 7.05 Å². The highest BCUT2D eigenvalue weighted by Gasteiger charge is 2.20. The van der Waals surface area contributed by atoms with Crippen molar-refractivity contribution in [1.82, 2.24) is 15.0 Å². The summed E-state index contributed by atoms with van der Waals surface area (Å²) in [7, 11) is 5.17. The van der Waals surface area contributed by atoms with Crippen molar-refractivity contribution in [3.63, 3.8) is 0 Å². The van der Waals surface area contributed by atoms with E-state index in [9.17, 15) is 0 Å². The largest absolute Gasteiger partial charge is 0.497 e. The van der Waals surface area contributed by atoms with E-state index in [1.54, 1.807) is 26.7 Å². The molecule has 6 heteroatoms. The predicted molar refractivity (Wildman–Crippen MR) is 71.9 cm³/mol. The Kier molecular flexibility index (Phi) is 4.03. The van der Waals surface area contributed by atoms with E-state index >= 15 is 0 Å². The number of hydrogen-bond acceptors (Lipinski definition) is 5. The van der Waals surface area contributed by atoms with Gasteiger partial charge in [-0.2, -0.15) is 0 Å². The van der Waals surface area contributed by atoms with Gasteiger partial charge in [0.05, 0.1) is 38.5 Å². The highest BCUT2D eigenvalue weighted by molar-refractivity contribution is 5.44. The minimum atomic E-state index is -0.224. The molecule has 1 aromatic carbocycles. The van der Waals surface area contributed by atoms with Crippen molar-refractivity contribution in [2.24, 2.45) is 12.9 Å². The summed E-state index contributed by atoms with van der Waals surface area (Å²) in [6.07, 6.45) is 3.50. The molecule has 0 saturated carbocycles. The van der Waals surface area contributed by atoms with Crippen molar-refractivity contribution in [3.05, 3.63) is 42.0 Å². The highest BCUT2D eigenvalue weighted by atomic mass is 16.5. The second-order valence-corrected chi connectivity index (χ2v) is 4.14. The van der Waals surface area contributed by atoms with Gasteiger partial charge in [-0.15, -0.1) is 0 Å². The molecule has 102 valence electrons. The summed E-state index contributed by atoms with van der Waals surface area (Å²) in [4.78, 5) is 4.11. The third kappa shape index (κ3) is 2.54. The lowest BCUT2D eigenvalue weighted by Crippen LogP contribution is -2.30. The Hall–Kier alpha value is -2.05. The first-order valence-electron chi connectivity index (χ1n) is 5.85. The van der Waals surface area contributed by atoms with Crippen LogP contribution in [0.5, 0.6) is 11.5 Å². The number of imidazole rings is 1. The summed E-state index contributed by atoms with van der Waals surface area (Å²) >= 11 is 0. The van der Waals surface area contributed by atoms with E-state index in [1.165, 1.54) is 0 Å². The average molecular weight is 262 g/mol. The quantitative estimate of drug-likeness (QED) is 0.621. The van der Waals surface area contributed by atoms with Gasteiger partial charge in [-0.25, -0.2) is 10.4 Å². The van der Waals surface area contributed by atoms with Gasteiger partial charge in [0.15, 0.2) is 0 Å². The molecule has 1 atom stereocenters. The van der Waals surface area contributed by atoms with E-state index in [4.69, 9.17) is 15.3 Å². The number of ether oxygens (including phenoxy) is 2. The van der Waals surface area contributed by atoms with Crippen LogP contribution in [0, 0.1) is 0 Å². The lowest BCUT2D eigenvalue weighted by atomic mass is 10.0. The van der Waals surface area contributed by atoms with Crippen LogP contribution in [-0.4, -0.2) is 23.8 Å². The Morgan fingerprint density at radius 2 is 2.11 bits per heavy atom. The fourth-order valence-corrected chi connectivity index (χ4v) is 2.05. The zero-order valence-electron chi connectivity index (χ0n) is 11.3. The number of aromatic nitrogens is 2. The first kappa shape index (κ1) is 13.4. The molecule has 0 radical (unpaired) electrons. The summed E-state index contributed by atoms with van der Waals surface area (Å²) in [5.74, 6) is 7.18. The molecule has 1 unspecified atom stereocenters. The molecule has 0 aliphatic rings. The van der Waals surface area contributed by atoms with Crippen molar-refractivity contribution in [3.8, 4) is 11.5 Å². The minimum Gasteiger partial charge on any atom is -0.497 e. The normalized spacial score (nSPS) is 12.2. The monoisotopic (exact) mass is 262 g/mol. The van der Waals surface area contributed by atoms with Crippen LogP contribution in [0.4, 0.5) is 0 Å². The number of methoxy groups -OCH3 is 2. The lowest BCUT2D eigenvalue weighted by molar-refractivity contribution is 0.393. The lowest BCUT2D eigenvalue weighted by Gasteiger charge is -2.20. The van der Waals surface area contributed by atoms with Crippen LogP contribution in [0.15, 0.2) is 30.7 Å². The van der Waals surface area contributed by atoms with E-state index in [0.29, 0.717) is 0 Å². The molecule has 0 fully saturated rings. The van der Waals surface area contributed by atoms with Crippen molar-refractivity contribution in [1.29, 1.82) is 0 Å². The van der Waals surface area contributed by atoms with Gasteiger partial charge in [-0.1, -0.05) is 0 Å². The molecule has 0 aliphatic carbocycles. The van der Waals surface area contributed by atoms with Gasteiger partial charge in [0.2, 0.25) is 0 Å². The van der Waals surface area contributed by atoms with Crippen molar-refractivity contribution < 1.29 is 9.47 Å². The third-order valence-electron chi connectivity index (χ3n) is 3.06. The summed E-state index contributed by atoms with van der Waals surface area (Å²) in [5, 5.41) is 0. The average Bonchev–Trinajstić information content (AvgIpc) is 2.86. The number of hydrogen-bond donors (Lipinski definition) is 2. The number of nitrogens with zero attached hydrogens (tertiary/aromatic N) is 2. The Morgan fingerprint density at radius 1 is 1.32 bits per heavy atom. The molecule has 2 aromatic rings. The number of aryl methyl sites for hydroxylation is 1. The topological polar surface area (TPSA) is 74.3 Å². The number of nitrogens with one attached hydrogen (secondary N) is 1. The van der Waals surface area contributed by atoms with E-state index < -0.39 is 0 Å². The third-order valence-corrected chi connectivity index (χ3v) is 3.06. The molecule has 2 rings (SSSR count).